The lowest BCUT2D eigenvalue weighted by Gasteiger charge is -2.15. The molecule has 0 bridgehead atoms. The summed E-state index contributed by atoms with van der Waals surface area (Å²) in [6, 6.07) is 22.2. The molecule has 0 aliphatic heterocycles. The van der Waals surface area contributed by atoms with Gasteiger partial charge in [0.25, 0.3) is 5.91 Å². The van der Waals surface area contributed by atoms with Crippen LogP contribution in [0.2, 0.25) is 5.02 Å². The molecule has 1 N–H and O–H groups in total. The van der Waals surface area contributed by atoms with Crippen molar-refractivity contribution in [1.82, 2.24) is 9.97 Å². The number of hydrogen-bond acceptors (Lipinski definition) is 4. The van der Waals surface area contributed by atoms with E-state index in [1.54, 1.807) is 37.4 Å². The second-order valence-electron chi connectivity index (χ2n) is 6.50. The standard InChI is InChI=1S/C23H18ClN3O2/c1-15(23(28)27-19-7-3-2-6-18(19)24)29-17-12-10-16(11-13-17)22-14-25-20-8-4-5-9-21(20)26-22/h2-15H,1H3,(H,27,28)/t15-/m1/s1. The number of carbonyl (C=O) groups is 1. The van der Waals surface area contributed by atoms with Crippen LogP contribution in [0.1, 0.15) is 6.92 Å². The lowest BCUT2D eigenvalue weighted by Crippen LogP contribution is -2.30. The van der Waals surface area contributed by atoms with Gasteiger partial charge in [-0.1, -0.05) is 35.9 Å². The SMILES string of the molecule is C[C@@H](Oc1ccc(-c2cnc3ccccc3n2)cc1)C(=O)Nc1ccccc1Cl. The van der Waals surface area contributed by atoms with Crippen molar-refractivity contribution >= 4 is 34.2 Å². The van der Waals surface area contributed by atoms with Gasteiger partial charge in [0.05, 0.1) is 33.6 Å². The van der Waals surface area contributed by atoms with Gasteiger partial charge in [-0.2, -0.15) is 0 Å². The predicted molar refractivity (Wildman–Crippen MR) is 115 cm³/mol. The lowest BCUT2D eigenvalue weighted by atomic mass is 10.1. The van der Waals surface area contributed by atoms with Gasteiger partial charge in [-0.15, -0.1) is 0 Å². The molecule has 144 valence electrons. The zero-order valence-electron chi connectivity index (χ0n) is 15.7. The molecule has 5 nitrogen and oxygen atoms in total. The summed E-state index contributed by atoms with van der Waals surface area (Å²) in [6.45, 7) is 1.69. The van der Waals surface area contributed by atoms with Crippen LogP contribution in [0, 0.1) is 0 Å². The highest BCUT2D eigenvalue weighted by Gasteiger charge is 2.16. The molecule has 1 aromatic heterocycles. The Morgan fingerprint density at radius 1 is 0.966 bits per heavy atom. The second-order valence-corrected chi connectivity index (χ2v) is 6.90. The van der Waals surface area contributed by atoms with Crippen LogP contribution >= 0.6 is 11.6 Å². The smallest absolute Gasteiger partial charge is 0.265 e. The number of rotatable bonds is 5. The molecule has 6 heteroatoms. The molecule has 1 heterocycles. The molecule has 0 fully saturated rings. The van der Waals surface area contributed by atoms with Gasteiger partial charge in [0.2, 0.25) is 0 Å². The molecule has 0 aliphatic rings. The summed E-state index contributed by atoms with van der Waals surface area (Å²) < 4.78 is 5.76. The number of carbonyl (C=O) groups excluding carboxylic acids is 1. The Morgan fingerprint density at radius 3 is 2.41 bits per heavy atom. The first-order valence-electron chi connectivity index (χ1n) is 9.14. The molecule has 4 rings (SSSR count). The fourth-order valence-corrected chi connectivity index (χ4v) is 3.04. The minimum Gasteiger partial charge on any atom is -0.481 e. The Kier molecular flexibility index (Phi) is 5.40. The van der Waals surface area contributed by atoms with E-state index in [2.05, 4.69) is 15.3 Å². The molecule has 0 saturated carbocycles. The van der Waals surface area contributed by atoms with Crippen molar-refractivity contribution in [1.29, 1.82) is 0 Å². The van der Waals surface area contributed by atoms with Crippen molar-refractivity contribution < 1.29 is 9.53 Å². The van der Waals surface area contributed by atoms with Gasteiger partial charge in [0, 0.05) is 5.56 Å². The number of amides is 1. The molecular formula is C23H18ClN3O2. The maximum atomic E-state index is 12.4. The van der Waals surface area contributed by atoms with E-state index in [1.807, 2.05) is 48.5 Å². The summed E-state index contributed by atoms with van der Waals surface area (Å²) in [5, 5.41) is 3.25. The van der Waals surface area contributed by atoms with Crippen molar-refractivity contribution in [2.75, 3.05) is 5.32 Å². The predicted octanol–water partition coefficient (Wildman–Crippen LogP) is 5.36. The van der Waals surface area contributed by atoms with Gasteiger partial charge < -0.3 is 10.1 Å². The Hall–Kier alpha value is -3.44. The number of nitrogens with one attached hydrogen (secondary N) is 1. The van der Waals surface area contributed by atoms with E-state index >= 15 is 0 Å². The third-order valence-corrected chi connectivity index (χ3v) is 4.74. The van der Waals surface area contributed by atoms with E-state index in [9.17, 15) is 4.79 Å². The Balaban J connectivity index is 1.44. The van der Waals surface area contributed by atoms with Crippen molar-refractivity contribution in [3.05, 3.63) is 84.0 Å². The summed E-state index contributed by atoms with van der Waals surface area (Å²) in [5.74, 6) is 0.312. The zero-order chi connectivity index (χ0) is 20.2. The van der Waals surface area contributed by atoms with Gasteiger partial charge >= 0.3 is 0 Å². The van der Waals surface area contributed by atoms with Crippen LogP contribution < -0.4 is 10.1 Å². The Bertz CT molecular complexity index is 1160. The van der Waals surface area contributed by atoms with E-state index in [-0.39, 0.29) is 5.91 Å². The number of nitrogens with zero attached hydrogens (tertiary/aromatic N) is 2. The number of hydrogen-bond donors (Lipinski definition) is 1. The van der Waals surface area contributed by atoms with E-state index in [1.165, 1.54) is 0 Å². The number of halogens is 1. The van der Waals surface area contributed by atoms with Crippen molar-refractivity contribution in [3.63, 3.8) is 0 Å². The van der Waals surface area contributed by atoms with Crippen LogP contribution in [0.15, 0.2) is 79.0 Å². The quantitative estimate of drug-likeness (QED) is 0.487. The van der Waals surface area contributed by atoms with E-state index in [0.717, 1.165) is 22.3 Å². The van der Waals surface area contributed by atoms with Gasteiger partial charge in [-0.25, -0.2) is 4.98 Å². The number of anilines is 1. The number of ether oxygens (including phenoxy) is 1. The van der Waals surface area contributed by atoms with E-state index in [4.69, 9.17) is 16.3 Å². The van der Waals surface area contributed by atoms with Crippen LogP contribution in [-0.2, 0) is 4.79 Å². The molecule has 1 atom stereocenters. The number of benzene rings is 3. The maximum Gasteiger partial charge on any atom is 0.265 e. The molecule has 29 heavy (non-hydrogen) atoms. The van der Waals surface area contributed by atoms with Crippen LogP contribution in [0.4, 0.5) is 5.69 Å². The molecule has 0 unspecified atom stereocenters. The third kappa shape index (κ3) is 4.36. The van der Waals surface area contributed by atoms with E-state index in [0.29, 0.717) is 16.5 Å². The van der Waals surface area contributed by atoms with E-state index < -0.39 is 6.10 Å². The highest BCUT2D eigenvalue weighted by Crippen LogP contribution is 2.24. The van der Waals surface area contributed by atoms with Crippen LogP contribution in [0.5, 0.6) is 5.75 Å². The summed E-state index contributed by atoms with van der Waals surface area (Å²) in [5.41, 5.74) is 3.95. The number of fused-ring (bicyclic) bond motifs is 1. The van der Waals surface area contributed by atoms with Gasteiger partial charge in [0.1, 0.15) is 5.75 Å². The first kappa shape index (κ1) is 18.9. The topological polar surface area (TPSA) is 64.1 Å². The fourth-order valence-electron chi connectivity index (χ4n) is 2.86. The van der Waals surface area contributed by atoms with Gasteiger partial charge in [0.15, 0.2) is 6.10 Å². The van der Waals surface area contributed by atoms with Gasteiger partial charge in [-0.3, -0.25) is 9.78 Å². The molecular weight excluding hydrogens is 386 g/mol. The highest BCUT2D eigenvalue weighted by atomic mass is 35.5. The van der Waals surface area contributed by atoms with Crippen LogP contribution in [0.25, 0.3) is 22.3 Å². The van der Waals surface area contributed by atoms with Crippen LogP contribution in [-0.4, -0.2) is 22.0 Å². The first-order valence-corrected chi connectivity index (χ1v) is 9.52. The minimum atomic E-state index is -0.683. The Labute approximate surface area is 173 Å². The number of aromatic nitrogens is 2. The average molecular weight is 404 g/mol. The van der Waals surface area contributed by atoms with Crippen molar-refractivity contribution in [2.45, 2.75) is 13.0 Å². The second kappa shape index (κ2) is 8.29. The average Bonchev–Trinajstić information content (AvgIpc) is 2.75. The summed E-state index contributed by atoms with van der Waals surface area (Å²) in [4.78, 5) is 21.4. The third-order valence-electron chi connectivity index (χ3n) is 4.41. The first-order chi connectivity index (χ1) is 14.1. The molecule has 1 amide bonds. The van der Waals surface area contributed by atoms with Crippen molar-refractivity contribution in [3.8, 4) is 17.0 Å². The fraction of sp³-hybridized carbons (Fsp3) is 0.0870. The summed E-state index contributed by atoms with van der Waals surface area (Å²) in [7, 11) is 0. The molecule has 0 saturated heterocycles. The monoisotopic (exact) mass is 403 g/mol. The largest absolute Gasteiger partial charge is 0.481 e. The molecule has 0 radical (unpaired) electrons. The highest BCUT2D eigenvalue weighted by molar-refractivity contribution is 6.33. The molecule has 0 aliphatic carbocycles. The van der Waals surface area contributed by atoms with Gasteiger partial charge in [-0.05, 0) is 55.5 Å². The number of para-hydroxylation sites is 3. The molecule has 3 aromatic carbocycles. The minimum absolute atomic E-state index is 0.275. The zero-order valence-corrected chi connectivity index (χ0v) is 16.4. The lowest BCUT2D eigenvalue weighted by molar-refractivity contribution is -0.122. The van der Waals surface area contributed by atoms with Crippen LogP contribution in [0.3, 0.4) is 0 Å². The normalized spacial score (nSPS) is 11.8. The molecule has 4 aromatic rings. The maximum absolute atomic E-state index is 12.4. The summed E-state index contributed by atoms with van der Waals surface area (Å²) >= 11 is 6.08. The molecule has 0 spiro atoms. The summed E-state index contributed by atoms with van der Waals surface area (Å²) in [6.07, 6.45) is 1.07. The van der Waals surface area contributed by atoms with Crippen molar-refractivity contribution in [2.24, 2.45) is 0 Å². The Morgan fingerprint density at radius 2 is 1.66 bits per heavy atom.